The Hall–Kier alpha value is -1.36. The van der Waals surface area contributed by atoms with Crippen LogP contribution in [-0.2, 0) is 4.79 Å². The Morgan fingerprint density at radius 1 is 1.56 bits per heavy atom. The van der Waals surface area contributed by atoms with E-state index in [0.717, 1.165) is 24.1 Å². The van der Waals surface area contributed by atoms with Crippen molar-refractivity contribution in [1.82, 2.24) is 5.16 Å². The zero-order valence-corrected chi connectivity index (χ0v) is 10.0. The number of carbonyl (C=O) groups is 1. The highest BCUT2D eigenvalue weighted by atomic mass is 16.5. The Morgan fingerprint density at radius 3 is 2.75 bits per heavy atom. The van der Waals surface area contributed by atoms with Gasteiger partial charge in [0.15, 0.2) is 0 Å². The maximum atomic E-state index is 11.7. The van der Waals surface area contributed by atoms with Crippen LogP contribution in [0.4, 0.5) is 5.88 Å². The minimum atomic E-state index is -0.482. The van der Waals surface area contributed by atoms with Gasteiger partial charge in [-0.05, 0) is 20.3 Å². The number of unbranched alkanes of at least 4 members (excludes halogenated alkanes) is 1. The molecule has 0 saturated carbocycles. The van der Waals surface area contributed by atoms with Crippen molar-refractivity contribution in [3.63, 3.8) is 0 Å². The molecular weight excluding hydrogens is 206 g/mol. The first-order chi connectivity index (χ1) is 7.56. The quantitative estimate of drug-likeness (QED) is 0.799. The SMILES string of the molecule is CCCC[C@H](N)C(=O)Nc1onc(C)c1C. The molecule has 5 heteroatoms. The number of nitrogens with one attached hydrogen (secondary N) is 1. The molecule has 0 spiro atoms. The minimum Gasteiger partial charge on any atom is -0.338 e. The van der Waals surface area contributed by atoms with Gasteiger partial charge in [-0.25, -0.2) is 0 Å². The van der Waals surface area contributed by atoms with Gasteiger partial charge >= 0.3 is 0 Å². The Labute approximate surface area is 95.4 Å². The van der Waals surface area contributed by atoms with Crippen molar-refractivity contribution in [2.75, 3.05) is 5.32 Å². The van der Waals surface area contributed by atoms with Crippen LogP contribution in [-0.4, -0.2) is 17.1 Å². The number of anilines is 1. The van der Waals surface area contributed by atoms with E-state index in [1.54, 1.807) is 0 Å². The van der Waals surface area contributed by atoms with Crippen LogP contribution in [0, 0.1) is 13.8 Å². The lowest BCUT2D eigenvalue weighted by atomic mass is 10.1. The fourth-order valence-corrected chi connectivity index (χ4v) is 1.29. The van der Waals surface area contributed by atoms with E-state index in [9.17, 15) is 4.79 Å². The molecule has 1 heterocycles. The fraction of sp³-hybridized carbons (Fsp3) is 0.636. The van der Waals surface area contributed by atoms with Crippen molar-refractivity contribution in [2.45, 2.75) is 46.1 Å². The average Bonchev–Trinajstić information content (AvgIpc) is 2.57. The van der Waals surface area contributed by atoms with Crippen LogP contribution in [0.1, 0.15) is 37.4 Å². The van der Waals surface area contributed by atoms with Gasteiger partial charge < -0.3 is 10.3 Å². The van der Waals surface area contributed by atoms with E-state index in [2.05, 4.69) is 17.4 Å². The molecule has 0 aliphatic carbocycles. The van der Waals surface area contributed by atoms with Crippen LogP contribution in [0.2, 0.25) is 0 Å². The molecule has 16 heavy (non-hydrogen) atoms. The van der Waals surface area contributed by atoms with E-state index in [1.807, 2.05) is 13.8 Å². The zero-order valence-electron chi connectivity index (χ0n) is 10.0. The summed E-state index contributed by atoms with van der Waals surface area (Å²) in [6.45, 7) is 5.74. The highest BCUT2D eigenvalue weighted by Gasteiger charge is 2.16. The second-order valence-electron chi connectivity index (χ2n) is 3.96. The molecule has 0 aromatic carbocycles. The second kappa shape index (κ2) is 5.65. The Morgan fingerprint density at radius 2 is 2.25 bits per heavy atom. The van der Waals surface area contributed by atoms with Gasteiger partial charge in [0, 0.05) is 5.56 Å². The molecule has 0 fully saturated rings. The number of aryl methyl sites for hydroxylation is 1. The average molecular weight is 225 g/mol. The van der Waals surface area contributed by atoms with Crippen molar-refractivity contribution >= 4 is 11.8 Å². The lowest BCUT2D eigenvalue weighted by molar-refractivity contribution is -0.117. The van der Waals surface area contributed by atoms with Crippen LogP contribution in [0.3, 0.4) is 0 Å². The van der Waals surface area contributed by atoms with Crippen molar-refractivity contribution in [3.05, 3.63) is 11.3 Å². The lowest BCUT2D eigenvalue weighted by Crippen LogP contribution is -2.35. The molecule has 0 aliphatic heterocycles. The molecule has 5 nitrogen and oxygen atoms in total. The molecule has 0 aliphatic rings. The first kappa shape index (κ1) is 12.7. The topological polar surface area (TPSA) is 81.2 Å². The van der Waals surface area contributed by atoms with E-state index in [4.69, 9.17) is 10.3 Å². The number of nitrogens with two attached hydrogens (primary N) is 1. The molecule has 0 radical (unpaired) electrons. The molecule has 90 valence electrons. The first-order valence-electron chi connectivity index (χ1n) is 5.55. The van der Waals surface area contributed by atoms with E-state index in [-0.39, 0.29) is 5.91 Å². The Kier molecular flexibility index (Phi) is 4.49. The van der Waals surface area contributed by atoms with E-state index < -0.39 is 6.04 Å². The summed E-state index contributed by atoms with van der Waals surface area (Å²) in [4.78, 5) is 11.7. The highest BCUT2D eigenvalue weighted by molar-refractivity contribution is 5.94. The molecule has 3 N–H and O–H groups in total. The number of amides is 1. The maximum absolute atomic E-state index is 11.7. The van der Waals surface area contributed by atoms with Crippen LogP contribution < -0.4 is 11.1 Å². The molecule has 1 atom stereocenters. The summed E-state index contributed by atoms with van der Waals surface area (Å²) in [5.41, 5.74) is 7.35. The van der Waals surface area contributed by atoms with Crippen LogP contribution >= 0.6 is 0 Å². The molecule has 1 aromatic rings. The van der Waals surface area contributed by atoms with Gasteiger partial charge in [-0.2, -0.15) is 0 Å². The van der Waals surface area contributed by atoms with E-state index in [0.29, 0.717) is 12.3 Å². The summed E-state index contributed by atoms with van der Waals surface area (Å²) in [5.74, 6) is 0.183. The van der Waals surface area contributed by atoms with Gasteiger partial charge in [0.1, 0.15) is 0 Å². The molecule has 0 saturated heterocycles. The summed E-state index contributed by atoms with van der Waals surface area (Å²) in [6.07, 6.45) is 2.67. The fourth-order valence-electron chi connectivity index (χ4n) is 1.29. The third kappa shape index (κ3) is 3.06. The van der Waals surface area contributed by atoms with Gasteiger partial charge in [-0.1, -0.05) is 24.9 Å². The van der Waals surface area contributed by atoms with Crippen LogP contribution in [0.15, 0.2) is 4.52 Å². The van der Waals surface area contributed by atoms with Crippen LogP contribution in [0.25, 0.3) is 0 Å². The van der Waals surface area contributed by atoms with Crippen LogP contribution in [0.5, 0.6) is 0 Å². The number of nitrogens with zero attached hydrogens (tertiary/aromatic N) is 1. The van der Waals surface area contributed by atoms with Gasteiger partial charge in [0.25, 0.3) is 0 Å². The molecule has 1 rings (SSSR count). The summed E-state index contributed by atoms with van der Waals surface area (Å²) >= 11 is 0. The van der Waals surface area contributed by atoms with Gasteiger partial charge in [-0.3, -0.25) is 10.1 Å². The first-order valence-corrected chi connectivity index (χ1v) is 5.55. The molecular formula is C11H19N3O2. The molecule has 0 unspecified atom stereocenters. The summed E-state index contributed by atoms with van der Waals surface area (Å²) in [7, 11) is 0. The molecule has 1 aromatic heterocycles. The smallest absolute Gasteiger partial charge is 0.243 e. The standard InChI is InChI=1S/C11H19N3O2/c1-4-5-6-9(12)10(15)13-11-7(2)8(3)14-16-11/h9H,4-6,12H2,1-3H3,(H,13,15)/t9-/m0/s1. The zero-order chi connectivity index (χ0) is 12.1. The third-order valence-electron chi connectivity index (χ3n) is 2.60. The van der Waals surface area contributed by atoms with Gasteiger partial charge in [0.05, 0.1) is 11.7 Å². The second-order valence-corrected chi connectivity index (χ2v) is 3.96. The Balaban J connectivity index is 2.54. The summed E-state index contributed by atoms with van der Waals surface area (Å²) in [6, 6.07) is -0.482. The van der Waals surface area contributed by atoms with Crippen molar-refractivity contribution < 1.29 is 9.32 Å². The largest absolute Gasteiger partial charge is 0.338 e. The van der Waals surface area contributed by atoms with Crippen molar-refractivity contribution in [2.24, 2.45) is 5.73 Å². The maximum Gasteiger partial charge on any atom is 0.243 e. The Bertz CT molecular complexity index is 360. The van der Waals surface area contributed by atoms with Crippen molar-refractivity contribution in [3.8, 4) is 0 Å². The number of hydrogen-bond acceptors (Lipinski definition) is 4. The third-order valence-corrected chi connectivity index (χ3v) is 2.60. The molecule has 1 amide bonds. The van der Waals surface area contributed by atoms with E-state index >= 15 is 0 Å². The van der Waals surface area contributed by atoms with Crippen molar-refractivity contribution in [1.29, 1.82) is 0 Å². The summed E-state index contributed by atoms with van der Waals surface area (Å²) < 4.78 is 4.98. The number of hydrogen-bond donors (Lipinski definition) is 2. The summed E-state index contributed by atoms with van der Waals surface area (Å²) in [5, 5.41) is 6.41. The monoisotopic (exact) mass is 225 g/mol. The van der Waals surface area contributed by atoms with E-state index in [1.165, 1.54) is 0 Å². The highest BCUT2D eigenvalue weighted by Crippen LogP contribution is 2.17. The predicted molar refractivity (Wildman–Crippen MR) is 62.1 cm³/mol. The number of carbonyl (C=O) groups excluding carboxylic acids is 1. The normalized spacial score (nSPS) is 12.5. The number of rotatable bonds is 5. The van der Waals surface area contributed by atoms with Gasteiger partial charge in [-0.15, -0.1) is 0 Å². The number of aromatic nitrogens is 1. The lowest BCUT2D eigenvalue weighted by Gasteiger charge is -2.09. The predicted octanol–water partition coefficient (Wildman–Crippen LogP) is 1.75. The molecule has 0 bridgehead atoms. The minimum absolute atomic E-state index is 0.215. The van der Waals surface area contributed by atoms with Gasteiger partial charge in [0.2, 0.25) is 11.8 Å².